The van der Waals surface area contributed by atoms with Crippen LogP contribution in [0.2, 0.25) is 0 Å². The van der Waals surface area contributed by atoms with E-state index < -0.39 is 5.97 Å². The molecule has 0 atom stereocenters. The minimum Gasteiger partial charge on any atom is -0.497 e. The molecule has 0 N–H and O–H groups in total. The molecule has 0 saturated carbocycles. The van der Waals surface area contributed by atoms with Crippen LogP contribution < -0.4 is 14.2 Å². The summed E-state index contributed by atoms with van der Waals surface area (Å²) < 4.78 is 16.3. The second-order valence-electron chi connectivity index (χ2n) is 6.45. The van der Waals surface area contributed by atoms with Crippen molar-refractivity contribution in [3.05, 3.63) is 88.9 Å². The Balaban J connectivity index is 1.58. The predicted octanol–water partition coefficient (Wildman–Crippen LogP) is 4.23. The number of Topliss-reactive ketones (excluding diaryl/α,β-unsaturated/α-hetero) is 1. The topological polar surface area (TPSA) is 74.7 Å². The Morgan fingerprint density at radius 2 is 1.76 bits per heavy atom. The third-order valence-electron chi connectivity index (χ3n) is 4.48. The van der Waals surface area contributed by atoms with E-state index in [1.165, 1.54) is 0 Å². The molecular weight excluding hydrogens is 370 g/mol. The lowest BCUT2D eigenvalue weighted by molar-refractivity contribution is 0.0734. The van der Waals surface area contributed by atoms with E-state index in [4.69, 9.17) is 14.2 Å². The lowest BCUT2D eigenvalue weighted by atomic mass is 10.0. The lowest BCUT2D eigenvalue weighted by Crippen LogP contribution is -2.08. The molecule has 1 aliphatic rings. The zero-order chi connectivity index (χ0) is 20.4. The van der Waals surface area contributed by atoms with Gasteiger partial charge in [-0.3, -0.25) is 9.78 Å². The Bertz CT molecular complexity index is 1120. The Labute approximate surface area is 167 Å². The molecule has 0 radical (unpaired) electrons. The van der Waals surface area contributed by atoms with Crippen molar-refractivity contribution in [2.45, 2.75) is 6.92 Å². The molecule has 0 unspecified atom stereocenters. The average molecular weight is 387 g/mol. The summed E-state index contributed by atoms with van der Waals surface area (Å²) in [6.45, 7) is 1.78. The third kappa shape index (κ3) is 3.73. The van der Waals surface area contributed by atoms with Gasteiger partial charge in [0.05, 0.1) is 18.2 Å². The fraction of sp³-hybridized carbons (Fsp3) is 0.0870. The van der Waals surface area contributed by atoms with Crippen molar-refractivity contribution in [2.75, 3.05) is 7.11 Å². The van der Waals surface area contributed by atoms with E-state index in [2.05, 4.69) is 4.98 Å². The number of carbonyl (C=O) groups excluding carboxylic acids is 2. The number of hydrogen-bond acceptors (Lipinski definition) is 6. The minimum absolute atomic E-state index is 0.206. The van der Waals surface area contributed by atoms with Crippen molar-refractivity contribution in [3.63, 3.8) is 0 Å². The molecule has 0 saturated heterocycles. The number of aryl methyl sites for hydroxylation is 1. The second-order valence-corrected chi connectivity index (χ2v) is 6.45. The maximum atomic E-state index is 12.7. The van der Waals surface area contributed by atoms with E-state index in [0.29, 0.717) is 33.9 Å². The zero-order valence-corrected chi connectivity index (χ0v) is 15.8. The molecule has 2 heterocycles. The van der Waals surface area contributed by atoms with Crippen LogP contribution in [0.4, 0.5) is 0 Å². The summed E-state index contributed by atoms with van der Waals surface area (Å²) in [5.41, 5.74) is 2.33. The Hall–Kier alpha value is -3.93. The first-order valence-electron chi connectivity index (χ1n) is 8.90. The van der Waals surface area contributed by atoms with Crippen molar-refractivity contribution < 1.29 is 23.8 Å². The standard InChI is InChI=1S/C23H17NO5/c1-14-11-18(28-23(26)16-3-5-17(27-2)6-4-16)13-19-21(14)22(25)20(29-19)12-15-7-9-24-10-8-15/h3-13H,1-2H3. The van der Waals surface area contributed by atoms with Gasteiger partial charge in [-0.1, -0.05) is 0 Å². The van der Waals surface area contributed by atoms with Crippen LogP contribution in [0.5, 0.6) is 17.2 Å². The summed E-state index contributed by atoms with van der Waals surface area (Å²) in [4.78, 5) is 29.1. The van der Waals surface area contributed by atoms with Gasteiger partial charge in [-0.2, -0.15) is 0 Å². The third-order valence-corrected chi connectivity index (χ3v) is 4.48. The number of rotatable bonds is 4. The van der Waals surface area contributed by atoms with Crippen LogP contribution in [0.3, 0.4) is 0 Å². The highest BCUT2D eigenvalue weighted by Gasteiger charge is 2.30. The molecule has 0 amide bonds. The van der Waals surface area contributed by atoms with Crippen LogP contribution in [-0.2, 0) is 0 Å². The number of fused-ring (bicyclic) bond motifs is 1. The number of nitrogens with zero attached hydrogens (tertiary/aromatic N) is 1. The molecule has 144 valence electrons. The highest BCUT2D eigenvalue weighted by atomic mass is 16.5. The smallest absolute Gasteiger partial charge is 0.343 e. The van der Waals surface area contributed by atoms with Crippen LogP contribution in [0.1, 0.15) is 31.8 Å². The fourth-order valence-corrected chi connectivity index (χ4v) is 3.04. The molecule has 6 heteroatoms. The van der Waals surface area contributed by atoms with E-state index in [0.717, 1.165) is 5.56 Å². The van der Waals surface area contributed by atoms with E-state index in [-0.39, 0.29) is 11.5 Å². The fourth-order valence-electron chi connectivity index (χ4n) is 3.04. The molecule has 0 aliphatic carbocycles. The SMILES string of the molecule is COc1ccc(C(=O)Oc2cc(C)c3c(c2)OC(=Cc2ccncc2)C3=O)cc1. The molecule has 0 fully saturated rings. The molecule has 6 nitrogen and oxygen atoms in total. The molecule has 0 bridgehead atoms. The van der Waals surface area contributed by atoms with Gasteiger partial charge in [0, 0.05) is 18.5 Å². The van der Waals surface area contributed by atoms with Crippen LogP contribution in [-0.4, -0.2) is 23.8 Å². The van der Waals surface area contributed by atoms with Crippen molar-refractivity contribution in [1.82, 2.24) is 4.98 Å². The number of ketones is 1. The summed E-state index contributed by atoms with van der Waals surface area (Å²) in [6, 6.07) is 13.4. The molecule has 1 aromatic heterocycles. The first kappa shape index (κ1) is 18.4. The first-order chi connectivity index (χ1) is 14.0. The predicted molar refractivity (Wildman–Crippen MR) is 106 cm³/mol. The normalized spacial score (nSPS) is 13.7. The van der Waals surface area contributed by atoms with Gasteiger partial charge < -0.3 is 14.2 Å². The van der Waals surface area contributed by atoms with E-state index >= 15 is 0 Å². The molecule has 2 aromatic carbocycles. The monoisotopic (exact) mass is 387 g/mol. The van der Waals surface area contributed by atoms with Gasteiger partial charge in [0.2, 0.25) is 5.78 Å². The number of pyridine rings is 1. The molecule has 4 rings (SSSR count). The largest absolute Gasteiger partial charge is 0.497 e. The Morgan fingerprint density at radius 3 is 2.45 bits per heavy atom. The maximum absolute atomic E-state index is 12.7. The quantitative estimate of drug-likeness (QED) is 0.379. The number of aromatic nitrogens is 1. The second kappa shape index (κ2) is 7.59. The molecular formula is C23H17NO5. The van der Waals surface area contributed by atoms with Gasteiger partial charge >= 0.3 is 5.97 Å². The average Bonchev–Trinajstić information content (AvgIpc) is 3.04. The van der Waals surface area contributed by atoms with E-state index in [1.54, 1.807) is 81.0 Å². The van der Waals surface area contributed by atoms with Crippen molar-refractivity contribution in [3.8, 4) is 17.2 Å². The Morgan fingerprint density at radius 1 is 1.03 bits per heavy atom. The van der Waals surface area contributed by atoms with Gasteiger partial charge in [0.1, 0.15) is 17.2 Å². The van der Waals surface area contributed by atoms with Crippen LogP contribution in [0, 0.1) is 6.92 Å². The highest BCUT2D eigenvalue weighted by molar-refractivity contribution is 6.15. The lowest BCUT2D eigenvalue weighted by Gasteiger charge is -2.08. The van der Waals surface area contributed by atoms with Gasteiger partial charge in [-0.15, -0.1) is 0 Å². The number of allylic oxidation sites excluding steroid dienone is 1. The summed E-state index contributed by atoms with van der Waals surface area (Å²) in [5, 5.41) is 0. The number of hydrogen-bond donors (Lipinski definition) is 0. The summed E-state index contributed by atoms with van der Waals surface area (Å²) in [7, 11) is 1.55. The summed E-state index contributed by atoms with van der Waals surface area (Å²) >= 11 is 0. The van der Waals surface area contributed by atoms with E-state index in [9.17, 15) is 9.59 Å². The Kier molecular flexibility index (Phi) is 4.83. The molecule has 3 aromatic rings. The molecule has 29 heavy (non-hydrogen) atoms. The minimum atomic E-state index is -0.510. The van der Waals surface area contributed by atoms with Crippen LogP contribution >= 0.6 is 0 Å². The van der Waals surface area contributed by atoms with Gasteiger partial charge in [0.25, 0.3) is 0 Å². The summed E-state index contributed by atoms with van der Waals surface area (Å²) in [6.07, 6.45) is 4.94. The van der Waals surface area contributed by atoms with Gasteiger partial charge in [0.15, 0.2) is 5.76 Å². The van der Waals surface area contributed by atoms with Crippen LogP contribution in [0.25, 0.3) is 6.08 Å². The van der Waals surface area contributed by atoms with Crippen molar-refractivity contribution in [1.29, 1.82) is 0 Å². The van der Waals surface area contributed by atoms with Gasteiger partial charge in [-0.25, -0.2) is 4.79 Å². The number of methoxy groups -OCH3 is 1. The molecule has 1 aliphatic heterocycles. The first-order valence-corrected chi connectivity index (χ1v) is 8.90. The van der Waals surface area contributed by atoms with Crippen molar-refractivity contribution in [2.24, 2.45) is 0 Å². The zero-order valence-electron chi connectivity index (χ0n) is 15.8. The highest BCUT2D eigenvalue weighted by Crippen LogP contribution is 2.37. The number of ether oxygens (including phenoxy) is 3. The number of carbonyl (C=O) groups is 2. The number of benzene rings is 2. The van der Waals surface area contributed by atoms with Crippen LogP contribution in [0.15, 0.2) is 66.7 Å². The van der Waals surface area contributed by atoms with Crippen molar-refractivity contribution >= 4 is 17.8 Å². The molecule has 0 spiro atoms. The number of esters is 1. The summed E-state index contributed by atoms with van der Waals surface area (Å²) in [5.74, 6) is 0.822. The maximum Gasteiger partial charge on any atom is 0.343 e. The van der Waals surface area contributed by atoms with Gasteiger partial charge in [-0.05, 0) is 66.6 Å². The van der Waals surface area contributed by atoms with E-state index in [1.807, 2.05) is 0 Å².